The number of carboxylic acid groups (broad SMARTS) is 1. The van der Waals surface area contributed by atoms with Crippen molar-refractivity contribution in [2.75, 3.05) is 0 Å². The SMILES string of the molecule is Cc1ccc2c(cnn2C(=O)CCC(=O)O)c1. The number of carbonyl (C=O) groups excluding carboxylic acids is 1. The highest BCUT2D eigenvalue weighted by molar-refractivity contribution is 5.92. The van der Waals surface area contributed by atoms with Crippen molar-refractivity contribution in [3.63, 3.8) is 0 Å². The quantitative estimate of drug-likeness (QED) is 0.876. The number of carbonyl (C=O) groups is 2. The summed E-state index contributed by atoms with van der Waals surface area (Å²) >= 11 is 0. The molecule has 17 heavy (non-hydrogen) atoms. The lowest BCUT2D eigenvalue weighted by molar-refractivity contribution is -0.136. The molecule has 1 heterocycles. The van der Waals surface area contributed by atoms with Gasteiger partial charge in [-0.3, -0.25) is 9.59 Å². The number of hydrogen-bond acceptors (Lipinski definition) is 3. The van der Waals surface area contributed by atoms with Gasteiger partial charge >= 0.3 is 5.97 Å². The standard InChI is InChI=1S/C12H12N2O3/c1-8-2-3-10-9(6-8)7-13-14(10)11(15)4-5-12(16)17/h2-3,6-7H,4-5H2,1H3,(H,16,17). The van der Waals surface area contributed by atoms with Crippen molar-refractivity contribution in [2.45, 2.75) is 19.8 Å². The van der Waals surface area contributed by atoms with Crippen molar-refractivity contribution in [3.8, 4) is 0 Å². The number of aromatic nitrogens is 2. The van der Waals surface area contributed by atoms with Crippen LogP contribution in [0.1, 0.15) is 23.2 Å². The van der Waals surface area contributed by atoms with E-state index in [1.54, 1.807) is 6.20 Å². The topological polar surface area (TPSA) is 72.2 Å². The van der Waals surface area contributed by atoms with Gasteiger partial charge in [-0.05, 0) is 19.1 Å². The van der Waals surface area contributed by atoms with Gasteiger partial charge in [0.1, 0.15) is 0 Å². The van der Waals surface area contributed by atoms with Crippen molar-refractivity contribution in [3.05, 3.63) is 30.0 Å². The van der Waals surface area contributed by atoms with E-state index in [0.717, 1.165) is 10.9 Å². The molecule has 0 atom stereocenters. The maximum atomic E-state index is 11.7. The fourth-order valence-electron chi connectivity index (χ4n) is 1.67. The van der Waals surface area contributed by atoms with Gasteiger partial charge in [0.2, 0.25) is 5.91 Å². The number of rotatable bonds is 3. The summed E-state index contributed by atoms with van der Waals surface area (Å²) in [4.78, 5) is 22.1. The molecule has 0 unspecified atom stereocenters. The molecule has 0 aliphatic rings. The highest BCUT2D eigenvalue weighted by Crippen LogP contribution is 2.15. The first-order valence-electron chi connectivity index (χ1n) is 5.27. The second-order valence-electron chi connectivity index (χ2n) is 3.91. The number of aliphatic carboxylic acids is 1. The van der Waals surface area contributed by atoms with E-state index in [2.05, 4.69) is 5.10 Å². The molecule has 0 aliphatic heterocycles. The smallest absolute Gasteiger partial charge is 0.303 e. The van der Waals surface area contributed by atoms with Gasteiger partial charge in [-0.1, -0.05) is 11.6 Å². The number of carboxylic acids is 1. The molecule has 0 radical (unpaired) electrons. The summed E-state index contributed by atoms with van der Waals surface area (Å²) in [5, 5.41) is 13.4. The Labute approximate surface area is 97.7 Å². The third-order valence-electron chi connectivity index (χ3n) is 2.51. The molecule has 1 aromatic heterocycles. The Hall–Kier alpha value is -2.17. The third kappa shape index (κ3) is 2.33. The van der Waals surface area contributed by atoms with Gasteiger partial charge in [-0.2, -0.15) is 5.10 Å². The number of aryl methyl sites for hydroxylation is 1. The van der Waals surface area contributed by atoms with Crippen LogP contribution >= 0.6 is 0 Å². The zero-order valence-electron chi connectivity index (χ0n) is 9.38. The van der Waals surface area contributed by atoms with Crippen LogP contribution in [-0.4, -0.2) is 26.8 Å². The molecule has 1 N–H and O–H groups in total. The molecule has 0 saturated heterocycles. The minimum atomic E-state index is -0.981. The lowest BCUT2D eigenvalue weighted by Gasteiger charge is -2.01. The van der Waals surface area contributed by atoms with Crippen LogP contribution in [-0.2, 0) is 4.79 Å². The molecular weight excluding hydrogens is 220 g/mol. The summed E-state index contributed by atoms with van der Waals surface area (Å²) in [7, 11) is 0. The van der Waals surface area contributed by atoms with Crippen LogP contribution < -0.4 is 0 Å². The van der Waals surface area contributed by atoms with E-state index in [-0.39, 0.29) is 18.7 Å². The highest BCUT2D eigenvalue weighted by Gasteiger charge is 2.11. The van der Waals surface area contributed by atoms with Crippen LogP contribution in [0.4, 0.5) is 0 Å². The van der Waals surface area contributed by atoms with Crippen molar-refractivity contribution in [2.24, 2.45) is 0 Å². The Morgan fingerprint density at radius 3 is 2.82 bits per heavy atom. The Bertz CT molecular complexity index is 586. The molecule has 2 rings (SSSR count). The lowest BCUT2D eigenvalue weighted by Crippen LogP contribution is -2.13. The number of fused-ring (bicyclic) bond motifs is 1. The minimum Gasteiger partial charge on any atom is -0.481 e. The fraction of sp³-hybridized carbons (Fsp3) is 0.250. The summed E-state index contributed by atoms with van der Waals surface area (Å²) in [6, 6.07) is 5.64. The van der Waals surface area contributed by atoms with Crippen molar-refractivity contribution < 1.29 is 14.7 Å². The average Bonchev–Trinajstić information content (AvgIpc) is 2.68. The first-order valence-corrected chi connectivity index (χ1v) is 5.27. The molecule has 1 aromatic carbocycles. The van der Waals surface area contributed by atoms with Crippen LogP contribution in [0.25, 0.3) is 10.9 Å². The highest BCUT2D eigenvalue weighted by atomic mass is 16.4. The summed E-state index contributed by atoms with van der Waals surface area (Å²) < 4.78 is 1.26. The summed E-state index contributed by atoms with van der Waals surface area (Å²) in [6.07, 6.45) is 1.40. The van der Waals surface area contributed by atoms with Gasteiger partial charge in [-0.15, -0.1) is 0 Å². The molecule has 0 fully saturated rings. The van der Waals surface area contributed by atoms with Crippen LogP contribution in [0.2, 0.25) is 0 Å². The summed E-state index contributed by atoms with van der Waals surface area (Å²) in [5.41, 5.74) is 1.81. The van der Waals surface area contributed by atoms with Crippen LogP contribution in [0.15, 0.2) is 24.4 Å². The Morgan fingerprint density at radius 1 is 1.35 bits per heavy atom. The van der Waals surface area contributed by atoms with Gasteiger partial charge < -0.3 is 5.11 Å². The predicted molar refractivity (Wildman–Crippen MR) is 62.0 cm³/mol. The molecule has 0 spiro atoms. The second kappa shape index (κ2) is 4.37. The Kier molecular flexibility index (Phi) is 2.91. The van der Waals surface area contributed by atoms with E-state index in [1.807, 2.05) is 25.1 Å². The van der Waals surface area contributed by atoms with Gasteiger partial charge in [0.05, 0.1) is 18.1 Å². The van der Waals surface area contributed by atoms with Gasteiger partial charge in [0.25, 0.3) is 0 Å². The summed E-state index contributed by atoms with van der Waals surface area (Å²) in [5.74, 6) is -1.28. The Morgan fingerprint density at radius 2 is 2.12 bits per heavy atom. The molecule has 5 nitrogen and oxygen atoms in total. The summed E-state index contributed by atoms with van der Waals surface area (Å²) in [6.45, 7) is 1.96. The second-order valence-corrected chi connectivity index (χ2v) is 3.91. The predicted octanol–water partition coefficient (Wildman–Crippen LogP) is 1.85. The van der Waals surface area contributed by atoms with Gasteiger partial charge in [0.15, 0.2) is 0 Å². The monoisotopic (exact) mass is 232 g/mol. The first kappa shape index (κ1) is 11.3. The molecule has 5 heteroatoms. The number of benzene rings is 1. The van der Waals surface area contributed by atoms with E-state index >= 15 is 0 Å². The normalized spacial score (nSPS) is 10.6. The van der Waals surface area contributed by atoms with Crippen LogP contribution in [0, 0.1) is 6.92 Å². The molecule has 0 amide bonds. The third-order valence-corrected chi connectivity index (χ3v) is 2.51. The molecular formula is C12H12N2O3. The molecule has 2 aromatic rings. The zero-order chi connectivity index (χ0) is 12.4. The number of nitrogens with zero attached hydrogens (tertiary/aromatic N) is 2. The minimum absolute atomic E-state index is 0.0417. The van der Waals surface area contributed by atoms with Crippen molar-refractivity contribution in [1.82, 2.24) is 9.78 Å². The van der Waals surface area contributed by atoms with E-state index in [4.69, 9.17) is 5.11 Å². The van der Waals surface area contributed by atoms with Crippen LogP contribution in [0.3, 0.4) is 0 Å². The van der Waals surface area contributed by atoms with Crippen LogP contribution in [0.5, 0.6) is 0 Å². The zero-order valence-corrected chi connectivity index (χ0v) is 9.38. The van der Waals surface area contributed by atoms with Gasteiger partial charge in [0, 0.05) is 11.8 Å². The molecule has 0 aliphatic carbocycles. The Balaban J connectivity index is 2.29. The molecule has 0 saturated carbocycles. The van der Waals surface area contributed by atoms with Crippen molar-refractivity contribution in [1.29, 1.82) is 0 Å². The van der Waals surface area contributed by atoms with E-state index in [0.29, 0.717) is 5.52 Å². The fourth-order valence-corrected chi connectivity index (χ4v) is 1.67. The average molecular weight is 232 g/mol. The lowest BCUT2D eigenvalue weighted by atomic mass is 10.2. The maximum Gasteiger partial charge on any atom is 0.303 e. The van der Waals surface area contributed by atoms with E-state index in [1.165, 1.54) is 4.68 Å². The molecule has 88 valence electrons. The largest absolute Gasteiger partial charge is 0.481 e. The number of hydrogen-bond donors (Lipinski definition) is 1. The molecule has 0 bridgehead atoms. The first-order chi connectivity index (χ1) is 8.08. The van der Waals surface area contributed by atoms with E-state index < -0.39 is 5.97 Å². The van der Waals surface area contributed by atoms with Gasteiger partial charge in [-0.25, -0.2) is 4.68 Å². The maximum absolute atomic E-state index is 11.7. The van der Waals surface area contributed by atoms with Crippen molar-refractivity contribution >= 4 is 22.8 Å². The van der Waals surface area contributed by atoms with E-state index in [9.17, 15) is 9.59 Å².